The van der Waals surface area contributed by atoms with Crippen molar-refractivity contribution in [1.82, 2.24) is 10.2 Å². The maximum Gasteiger partial charge on any atom is 0.573 e. The fraction of sp³-hybridized carbons (Fsp3) is 0.562. The summed E-state index contributed by atoms with van der Waals surface area (Å²) in [5.74, 6) is 0.158. The van der Waals surface area contributed by atoms with Crippen LogP contribution in [0.15, 0.2) is 24.3 Å². The number of carbonyl (C=O) groups is 1. The Hall–Kier alpha value is -1.76. The summed E-state index contributed by atoms with van der Waals surface area (Å²) in [5, 5.41) is 3.36. The number of carbonyl (C=O) groups excluding carboxylic acids is 1. The third-order valence-corrected chi connectivity index (χ3v) is 4.05. The van der Waals surface area contributed by atoms with Crippen LogP contribution in [0.1, 0.15) is 25.8 Å². The summed E-state index contributed by atoms with van der Waals surface area (Å²) in [7, 11) is 0. The number of ether oxygens (including phenoxy) is 1. The normalized spacial score (nSPS) is 22.0. The maximum atomic E-state index is 12.2. The molecule has 0 bridgehead atoms. The van der Waals surface area contributed by atoms with E-state index in [0.29, 0.717) is 25.6 Å². The lowest BCUT2D eigenvalue weighted by atomic mass is 9.93. The summed E-state index contributed by atoms with van der Waals surface area (Å²) in [5.41, 5.74) is 0.730. The number of hydrogen-bond donors (Lipinski definition) is 1. The molecule has 0 radical (unpaired) electrons. The third kappa shape index (κ3) is 5.42. The Kier molecular flexibility index (Phi) is 5.51. The Bertz CT molecular complexity index is 548. The predicted molar refractivity (Wildman–Crippen MR) is 79.8 cm³/mol. The number of hydrogen-bond acceptors (Lipinski definition) is 3. The number of piperidine rings is 1. The molecule has 4 nitrogen and oxygen atoms in total. The molecule has 0 saturated carbocycles. The Labute approximate surface area is 133 Å². The summed E-state index contributed by atoms with van der Waals surface area (Å²) in [6.45, 7) is 5.49. The van der Waals surface area contributed by atoms with Gasteiger partial charge in [-0.05, 0) is 30.0 Å². The summed E-state index contributed by atoms with van der Waals surface area (Å²) < 4.78 is 40.6. The van der Waals surface area contributed by atoms with Crippen molar-refractivity contribution >= 4 is 5.91 Å². The van der Waals surface area contributed by atoms with Crippen LogP contribution in [-0.2, 0) is 11.3 Å². The van der Waals surface area contributed by atoms with Crippen LogP contribution >= 0.6 is 0 Å². The van der Waals surface area contributed by atoms with E-state index < -0.39 is 6.36 Å². The zero-order valence-corrected chi connectivity index (χ0v) is 13.2. The van der Waals surface area contributed by atoms with Crippen LogP contribution in [0.25, 0.3) is 0 Å². The summed E-state index contributed by atoms with van der Waals surface area (Å²) in [6.07, 6.45) is -3.85. The second-order valence-corrected chi connectivity index (χ2v) is 5.91. The highest BCUT2D eigenvalue weighted by molar-refractivity contribution is 5.73. The molecule has 1 aliphatic rings. The van der Waals surface area contributed by atoms with Gasteiger partial charge in [0.25, 0.3) is 0 Å². The minimum atomic E-state index is -4.68. The molecule has 1 aliphatic heterocycles. The first-order valence-electron chi connectivity index (χ1n) is 7.58. The number of amides is 1. The highest BCUT2D eigenvalue weighted by atomic mass is 19.4. The molecule has 1 aromatic carbocycles. The summed E-state index contributed by atoms with van der Waals surface area (Å²) in [4.78, 5) is 13.2. The highest BCUT2D eigenvalue weighted by Crippen LogP contribution is 2.24. The lowest BCUT2D eigenvalue weighted by molar-refractivity contribution is -0.274. The van der Waals surface area contributed by atoms with Crippen LogP contribution in [-0.4, -0.2) is 36.3 Å². The van der Waals surface area contributed by atoms with Crippen LogP contribution in [0.3, 0.4) is 0 Å². The average molecular weight is 330 g/mol. The number of nitrogens with zero attached hydrogens (tertiary/aromatic N) is 1. The Morgan fingerprint density at radius 2 is 2.17 bits per heavy atom. The van der Waals surface area contributed by atoms with Gasteiger partial charge < -0.3 is 15.0 Å². The van der Waals surface area contributed by atoms with E-state index in [1.54, 1.807) is 19.1 Å². The van der Waals surface area contributed by atoms with E-state index in [0.717, 1.165) is 12.0 Å². The van der Waals surface area contributed by atoms with Gasteiger partial charge >= 0.3 is 6.36 Å². The van der Waals surface area contributed by atoms with Gasteiger partial charge in [0, 0.05) is 32.6 Å². The van der Waals surface area contributed by atoms with Gasteiger partial charge in [0.2, 0.25) is 5.91 Å². The molecule has 1 fully saturated rings. The summed E-state index contributed by atoms with van der Waals surface area (Å²) >= 11 is 0. The van der Waals surface area contributed by atoms with Gasteiger partial charge in [0.05, 0.1) is 0 Å². The van der Waals surface area contributed by atoms with Gasteiger partial charge in [-0.3, -0.25) is 4.79 Å². The van der Waals surface area contributed by atoms with E-state index in [9.17, 15) is 18.0 Å². The molecule has 128 valence electrons. The molecular formula is C16H21F3N2O2. The minimum absolute atomic E-state index is 0.0762. The highest BCUT2D eigenvalue weighted by Gasteiger charge is 2.31. The van der Waals surface area contributed by atoms with Crippen LogP contribution in [0.5, 0.6) is 5.75 Å². The first kappa shape index (κ1) is 17.6. The van der Waals surface area contributed by atoms with Gasteiger partial charge in [0.15, 0.2) is 0 Å². The number of alkyl halides is 3. The van der Waals surface area contributed by atoms with Gasteiger partial charge in [0.1, 0.15) is 5.75 Å². The molecule has 0 spiro atoms. The molecule has 0 aliphatic carbocycles. The van der Waals surface area contributed by atoms with Crippen molar-refractivity contribution < 1.29 is 22.7 Å². The summed E-state index contributed by atoms with van der Waals surface area (Å²) in [6, 6.07) is 6.20. The topological polar surface area (TPSA) is 41.6 Å². The van der Waals surface area contributed by atoms with E-state index in [1.165, 1.54) is 12.1 Å². The standard InChI is InChI=1S/C16H21F3N2O2/c1-11-10-21(12(2)22)7-6-15(11)20-9-13-4-3-5-14(8-13)23-16(17,18)19/h3-5,8,11,15,20H,6-7,9-10H2,1-2H3/t11-,15+/m0/s1. The van der Waals surface area contributed by atoms with E-state index >= 15 is 0 Å². The van der Waals surface area contributed by atoms with Crippen LogP contribution in [0.4, 0.5) is 13.2 Å². The molecule has 1 N–H and O–H groups in total. The third-order valence-electron chi connectivity index (χ3n) is 4.05. The molecule has 1 amide bonds. The Morgan fingerprint density at radius 1 is 1.43 bits per heavy atom. The van der Waals surface area contributed by atoms with Gasteiger partial charge in [-0.15, -0.1) is 13.2 Å². The van der Waals surface area contributed by atoms with Crippen molar-refractivity contribution in [3.05, 3.63) is 29.8 Å². The van der Waals surface area contributed by atoms with Crippen molar-refractivity contribution in [2.45, 2.75) is 39.2 Å². The monoisotopic (exact) mass is 330 g/mol. The van der Waals surface area contributed by atoms with Crippen LogP contribution < -0.4 is 10.1 Å². The zero-order chi connectivity index (χ0) is 17.0. The number of benzene rings is 1. The molecule has 1 heterocycles. The second-order valence-electron chi connectivity index (χ2n) is 5.91. The fourth-order valence-corrected chi connectivity index (χ4v) is 2.84. The van der Waals surface area contributed by atoms with Crippen molar-refractivity contribution in [3.8, 4) is 5.75 Å². The van der Waals surface area contributed by atoms with Gasteiger partial charge in [-0.25, -0.2) is 0 Å². The predicted octanol–water partition coefficient (Wildman–Crippen LogP) is 2.93. The van der Waals surface area contributed by atoms with Crippen LogP contribution in [0, 0.1) is 5.92 Å². The maximum absolute atomic E-state index is 12.2. The van der Waals surface area contributed by atoms with E-state index in [2.05, 4.69) is 17.0 Å². The Morgan fingerprint density at radius 3 is 2.78 bits per heavy atom. The lowest BCUT2D eigenvalue weighted by Gasteiger charge is -2.37. The van der Waals surface area contributed by atoms with Gasteiger partial charge in [-0.2, -0.15) is 0 Å². The van der Waals surface area contributed by atoms with Crippen molar-refractivity contribution in [2.75, 3.05) is 13.1 Å². The first-order chi connectivity index (χ1) is 10.7. The Balaban J connectivity index is 1.89. The number of halogens is 3. The van der Waals surface area contributed by atoms with Crippen molar-refractivity contribution in [1.29, 1.82) is 0 Å². The zero-order valence-electron chi connectivity index (χ0n) is 13.2. The number of nitrogens with one attached hydrogen (secondary N) is 1. The SMILES string of the molecule is CC(=O)N1CC[C@@H](NCc2cccc(OC(F)(F)F)c2)[C@@H](C)C1. The van der Waals surface area contributed by atoms with Crippen molar-refractivity contribution in [3.63, 3.8) is 0 Å². The molecule has 0 unspecified atom stereocenters. The van der Waals surface area contributed by atoms with Gasteiger partial charge in [-0.1, -0.05) is 19.1 Å². The van der Waals surface area contributed by atoms with E-state index in [-0.39, 0.29) is 17.7 Å². The molecule has 2 atom stereocenters. The fourth-order valence-electron chi connectivity index (χ4n) is 2.84. The molecule has 1 saturated heterocycles. The molecule has 23 heavy (non-hydrogen) atoms. The molecule has 7 heteroatoms. The number of likely N-dealkylation sites (tertiary alicyclic amines) is 1. The van der Waals surface area contributed by atoms with Crippen LogP contribution in [0.2, 0.25) is 0 Å². The quantitative estimate of drug-likeness (QED) is 0.923. The molecular weight excluding hydrogens is 309 g/mol. The largest absolute Gasteiger partial charge is 0.573 e. The van der Waals surface area contributed by atoms with Crippen molar-refractivity contribution in [2.24, 2.45) is 5.92 Å². The minimum Gasteiger partial charge on any atom is -0.406 e. The van der Waals surface area contributed by atoms with E-state index in [1.807, 2.05) is 4.90 Å². The number of rotatable bonds is 4. The molecule has 0 aromatic heterocycles. The van der Waals surface area contributed by atoms with E-state index in [4.69, 9.17) is 0 Å². The first-order valence-corrected chi connectivity index (χ1v) is 7.58. The smallest absolute Gasteiger partial charge is 0.406 e. The second kappa shape index (κ2) is 7.21. The average Bonchev–Trinajstić information content (AvgIpc) is 2.44. The molecule has 2 rings (SSSR count). The lowest BCUT2D eigenvalue weighted by Crippen LogP contribution is -2.49. The molecule has 1 aromatic rings.